The molecule has 0 aromatic carbocycles. The van der Waals surface area contributed by atoms with Gasteiger partial charge < -0.3 is 10.6 Å². The maximum Gasteiger partial charge on any atom is 0.220 e. The Morgan fingerprint density at radius 3 is 3.11 bits per heavy atom. The molecule has 0 saturated carbocycles. The van der Waals surface area contributed by atoms with Gasteiger partial charge in [0.1, 0.15) is 0 Å². The van der Waals surface area contributed by atoms with Crippen LogP contribution in [0.4, 0.5) is 0 Å². The fourth-order valence-corrected chi connectivity index (χ4v) is 2.31. The zero-order valence-electron chi connectivity index (χ0n) is 10.8. The van der Waals surface area contributed by atoms with Gasteiger partial charge in [-0.2, -0.15) is 5.10 Å². The molecule has 2 N–H and O–H groups in total. The summed E-state index contributed by atoms with van der Waals surface area (Å²) in [6.07, 6.45) is 6.02. The van der Waals surface area contributed by atoms with Crippen molar-refractivity contribution in [2.24, 2.45) is 5.92 Å². The molecule has 1 aliphatic rings. The molecule has 1 unspecified atom stereocenters. The maximum absolute atomic E-state index is 11.6. The Kier molecular flexibility index (Phi) is 7.20. The van der Waals surface area contributed by atoms with Crippen LogP contribution in [-0.4, -0.2) is 35.3 Å². The van der Waals surface area contributed by atoms with Gasteiger partial charge in [-0.15, -0.1) is 12.4 Å². The highest BCUT2D eigenvalue weighted by Crippen LogP contribution is 2.11. The van der Waals surface area contributed by atoms with Crippen molar-refractivity contribution >= 4 is 29.9 Å². The summed E-state index contributed by atoms with van der Waals surface area (Å²) in [5.41, 5.74) is 0. The second-order valence-corrected chi connectivity index (χ2v) is 5.12. The third-order valence-electron chi connectivity index (χ3n) is 3.12. The smallest absolute Gasteiger partial charge is 0.220 e. The largest absolute Gasteiger partial charge is 0.356 e. The summed E-state index contributed by atoms with van der Waals surface area (Å²) in [7, 11) is 0. The normalized spacial score (nSPS) is 18.1. The Hall–Kier alpha value is -0.780. The number of halogens is 2. The highest BCUT2D eigenvalue weighted by atomic mass is 35.5. The van der Waals surface area contributed by atoms with Gasteiger partial charge in [0.05, 0.1) is 11.2 Å². The van der Waals surface area contributed by atoms with E-state index in [4.69, 9.17) is 11.6 Å². The SMILES string of the molecule is Cl.O=C(CC1CCNC1)NCCCn1cc(Cl)cn1. The van der Waals surface area contributed by atoms with Gasteiger partial charge in [0.25, 0.3) is 0 Å². The van der Waals surface area contributed by atoms with Crippen molar-refractivity contribution in [3.63, 3.8) is 0 Å². The Labute approximate surface area is 124 Å². The number of carbonyl (C=O) groups excluding carboxylic acids is 1. The number of carbonyl (C=O) groups is 1. The van der Waals surface area contributed by atoms with Crippen LogP contribution in [-0.2, 0) is 11.3 Å². The average molecular weight is 307 g/mol. The fourth-order valence-electron chi connectivity index (χ4n) is 2.15. The van der Waals surface area contributed by atoms with Crippen molar-refractivity contribution < 1.29 is 4.79 Å². The van der Waals surface area contributed by atoms with E-state index < -0.39 is 0 Å². The fraction of sp³-hybridized carbons (Fsp3) is 0.667. The van der Waals surface area contributed by atoms with E-state index in [1.54, 1.807) is 17.1 Å². The monoisotopic (exact) mass is 306 g/mol. The number of rotatable bonds is 6. The lowest BCUT2D eigenvalue weighted by atomic mass is 10.0. The van der Waals surface area contributed by atoms with E-state index in [0.29, 0.717) is 23.9 Å². The Morgan fingerprint density at radius 1 is 1.63 bits per heavy atom. The lowest BCUT2D eigenvalue weighted by Crippen LogP contribution is -2.27. The molecule has 1 aromatic rings. The molecule has 1 atom stereocenters. The van der Waals surface area contributed by atoms with E-state index in [0.717, 1.165) is 32.5 Å². The third-order valence-corrected chi connectivity index (χ3v) is 3.32. The van der Waals surface area contributed by atoms with Crippen LogP contribution in [0.5, 0.6) is 0 Å². The Bertz CT molecular complexity index is 391. The molecule has 1 aliphatic heterocycles. The van der Waals surface area contributed by atoms with E-state index in [9.17, 15) is 4.79 Å². The Morgan fingerprint density at radius 2 is 2.47 bits per heavy atom. The van der Waals surface area contributed by atoms with Crippen LogP contribution in [0.15, 0.2) is 12.4 Å². The van der Waals surface area contributed by atoms with Gasteiger partial charge in [-0.1, -0.05) is 11.6 Å². The van der Waals surface area contributed by atoms with Crippen LogP contribution in [0.2, 0.25) is 5.02 Å². The first-order valence-electron chi connectivity index (χ1n) is 6.39. The summed E-state index contributed by atoms with van der Waals surface area (Å²) in [6.45, 7) is 3.48. The van der Waals surface area contributed by atoms with Crippen molar-refractivity contribution in [3.05, 3.63) is 17.4 Å². The quantitative estimate of drug-likeness (QED) is 0.782. The predicted molar refractivity (Wildman–Crippen MR) is 77.7 cm³/mol. The first-order valence-corrected chi connectivity index (χ1v) is 6.77. The van der Waals surface area contributed by atoms with Crippen LogP contribution in [0.1, 0.15) is 19.3 Å². The molecule has 1 fully saturated rings. The van der Waals surface area contributed by atoms with E-state index >= 15 is 0 Å². The summed E-state index contributed by atoms with van der Waals surface area (Å²) in [4.78, 5) is 11.6. The molecule has 2 rings (SSSR count). The molecular formula is C12H20Cl2N4O. The summed E-state index contributed by atoms with van der Waals surface area (Å²) < 4.78 is 1.79. The van der Waals surface area contributed by atoms with E-state index in [1.807, 2.05) is 0 Å². The minimum atomic E-state index is 0. The molecule has 19 heavy (non-hydrogen) atoms. The van der Waals surface area contributed by atoms with Gasteiger partial charge in [0.2, 0.25) is 5.91 Å². The molecule has 1 saturated heterocycles. The van der Waals surface area contributed by atoms with Crippen LogP contribution in [0, 0.1) is 5.92 Å². The topological polar surface area (TPSA) is 59.0 Å². The molecule has 2 heterocycles. The van der Waals surface area contributed by atoms with Crippen molar-refractivity contribution in [1.29, 1.82) is 0 Å². The van der Waals surface area contributed by atoms with E-state index in [-0.39, 0.29) is 18.3 Å². The first kappa shape index (κ1) is 16.3. The molecule has 0 aliphatic carbocycles. The van der Waals surface area contributed by atoms with Crippen molar-refractivity contribution in [1.82, 2.24) is 20.4 Å². The second-order valence-electron chi connectivity index (χ2n) is 4.69. The number of hydrogen-bond donors (Lipinski definition) is 2. The predicted octanol–water partition coefficient (Wildman–Crippen LogP) is 1.46. The number of hydrogen-bond acceptors (Lipinski definition) is 3. The molecular weight excluding hydrogens is 287 g/mol. The van der Waals surface area contributed by atoms with Crippen molar-refractivity contribution in [2.75, 3.05) is 19.6 Å². The van der Waals surface area contributed by atoms with Crippen LogP contribution in [0.3, 0.4) is 0 Å². The van der Waals surface area contributed by atoms with Gasteiger partial charge in [-0.05, 0) is 31.8 Å². The number of amides is 1. The Balaban J connectivity index is 0.00000180. The number of aryl methyl sites for hydroxylation is 1. The van der Waals surface area contributed by atoms with Crippen molar-refractivity contribution in [2.45, 2.75) is 25.8 Å². The zero-order valence-corrected chi connectivity index (χ0v) is 12.3. The van der Waals surface area contributed by atoms with Gasteiger partial charge in [0, 0.05) is 25.7 Å². The van der Waals surface area contributed by atoms with Crippen LogP contribution in [0.25, 0.3) is 0 Å². The second kappa shape index (κ2) is 8.40. The van der Waals surface area contributed by atoms with Crippen LogP contribution >= 0.6 is 24.0 Å². The number of nitrogens with one attached hydrogen (secondary N) is 2. The molecule has 7 heteroatoms. The summed E-state index contributed by atoms with van der Waals surface area (Å²) in [5.74, 6) is 0.664. The first-order chi connectivity index (χ1) is 8.74. The molecule has 5 nitrogen and oxygen atoms in total. The molecule has 0 spiro atoms. The lowest BCUT2D eigenvalue weighted by Gasteiger charge is -2.09. The van der Waals surface area contributed by atoms with Gasteiger partial charge in [-0.3, -0.25) is 9.48 Å². The molecule has 108 valence electrons. The van der Waals surface area contributed by atoms with E-state index in [2.05, 4.69) is 15.7 Å². The molecule has 1 amide bonds. The number of nitrogens with zero attached hydrogens (tertiary/aromatic N) is 2. The minimum Gasteiger partial charge on any atom is -0.356 e. The molecule has 0 bridgehead atoms. The summed E-state index contributed by atoms with van der Waals surface area (Å²) >= 11 is 5.76. The summed E-state index contributed by atoms with van der Waals surface area (Å²) in [5, 5.41) is 10.9. The van der Waals surface area contributed by atoms with Crippen LogP contribution < -0.4 is 10.6 Å². The minimum absolute atomic E-state index is 0. The standard InChI is InChI=1S/C12H19ClN4O.ClH/c13-11-8-16-17(9-11)5-1-3-15-12(18)6-10-2-4-14-7-10;/h8-10,14H,1-7H2,(H,15,18);1H. The van der Waals surface area contributed by atoms with E-state index in [1.165, 1.54) is 0 Å². The van der Waals surface area contributed by atoms with Gasteiger partial charge in [-0.25, -0.2) is 0 Å². The number of aromatic nitrogens is 2. The maximum atomic E-state index is 11.6. The zero-order chi connectivity index (χ0) is 12.8. The molecule has 0 radical (unpaired) electrons. The van der Waals surface area contributed by atoms with Crippen molar-refractivity contribution in [3.8, 4) is 0 Å². The summed E-state index contributed by atoms with van der Waals surface area (Å²) in [6, 6.07) is 0. The molecule has 1 aromatic heterocycles. The highest BCUT2D eigenvalue weighted by molar-refractivity contribution is 6.30. The van der Waals surface area contributed by atoms with Gasteiger partial charge >= 0.3 is 0 Å². The average Bonchev–Trinajstić information content (AvgIpc) is 2.96. The third kappa shape index (κ3) is 5.80. The lowest BCUT2D eigenvalue weighted by molar-refractivity contribution is -0.121. The van der Waals surface area contributed by atoms with Gasteiger partial charge in [0.15, 0.2) is 0 Å². The highest BCUT2D eigenvalue weighted by Gasteiger charge is 2.17.